The molecule has 31 heavy (non-hydrogen) atoms. The zero-order chi connectivity index (χ0) is 21.5. The lowest BCUT2D eigenvalue weighted by molar-refractivity contribution is 0.0730. The van der Waals surface area contributed by atoms with E-state index in [4.69, 9.17) is 23.2 Å². The Labute approximate surface area is 188 Å². The number of H-pyrrole nitrogens is 1. The molecule has 0 radical (unpaired) electrons. The molecule has 1 unspecified atom stereocenters. The van der Waals surface area contributed by atoms with Gasteiger partial charge in [0.1, 0.15) is 17.1 Å². The average Bonchev–Trinajstić information content (AvgIpc) is 3.31. The number of aromatic amines is 1. The van der Waals surface area contributed by atoms with Gasteiger partial charge in [0, 0.05) is 30.1 Å². The lowest BCUT2D eigenvalue weighted by Gasteiger charge is -2.26. The van der Waals surface area contributed by atoms with Crippen LogP contribution in [0.15, 0.2) is 67.0 Å². The van der Waals surface area contributed by atoms with Crippen LogP contribution in [-0.4, -0.2) is 31.1 Å². The number of hydrogen-bond donors (Lipinski definition) is 2. The van der Waals surface area contributed by atoms with Crippen LogP contribution in [0.4, 0.5) is 0 Å². The van der Waals surface area contributed by atoms with Crippen LogP contribution in [0.2, 0.25) is 10.0 Å². The lowest BCUT2D eigenvalue weighted by atomic mass is 9.95. The number of nitrogens with zero attached hydrogens (tertiary/aromatic N) is 3. The highest BCUT2D eigenvalue weighted by atomic mass is 35.5. The quantitative estimate of drug-likeness (QED) is 0.445. The molecule has 154 valence electrons. The zero-order valence-corrected chi connectivity index (χ0v) is 17.6. The number of aromatic hydroxyl groups is 1. The molecule has 3 heterocycles. The number of aromatic nitrogens is 3. The molecule has 8 heteroatoms. The molecular weight excluding hydrogens is 435 g/mol. The van der Waals surface area contributed by atoms with Crippen LogP contribution in [0.3, 0.4) is 0 Å². The Hall–Kier alpha value is -3.35. The van der Waals surface area contributed by atoms with Crippen molar-refractivity contribution in [2.75, 3.05) is 0 Å². The Morgan fingerprint density at radius 3 is 2.65 bits per heavy atom. The summed E-state index contributed by atoms with van der Waals surface area (Å²) >= 11 is 12.4. The van der Waals surface area contributed by atoms with Crippen LogP contribution >= 0.6 is 23.2 Å². The van der Waals surface area contributed by atoms with Crippen LogP contribution in [0.1, 0.15) is 33.2 Å². The van der Waals surface area contributed by atoms with Crippen molar-refractivity contribution in [3.05, 3.63) is 99.4 Å². The zero-order valence-electron chi connectivity index (χ0n) is 16.1. The topological polar surface area (TPSA) is 82.1 Å². The van der Waals surface area contributed by atoms with Crippen molar-refractivity contribution in [1.29, 1.82) is 0 Å². The summed E-state index contributed by atoms with van der Waals surface area (Å²) in [5.41, 5.74) is 3.82. The lowest BCUT2D eigenvalue weighted by Crippen LogP contribution is -2.29. The van der Waals surface area contributed by atoms with Crippen molar-refractivity contribution >= 4 is 29.1 Å². The summed E-state index contributed by atoms with van der Waals surface area (Å²) in [6.07, 6.45) is 3.42. The molecule has 2 N–H and O–H groups in total. The molecular formula is C23H16Cl2N4O2. The summed E-state index contributed by atoms with van der Waals surface area (Å²) in [5.74, 6) is -0.105. The molecule has 1 aliphatic heterocycles. The van der Waals surface area contributed by atoms with Crippen molar-refractivity contribution in [1.82, 2.24) is 20.1 Å². The number of amides is 1. The molecule has 0 saturated heterocycles. The summed E-state index contributed by atoms with van der Waals surface area (Å²) in [6, 6.07) is 15.5. The predicted octanol–water partition coefficient (Wildman–Crippen LogP) is 5.23. The summed E-state index contributed by atoms with van der Waals surface area (Å²) in [4.78, 5) is 19.3. The number of benzene rings is 2. The molecule has 5 rings (SSSR count). The molecule has 0 fully saturated rings. The van der Waals surface area contributed by atoms with Crippen molar-refractivity contribution in [2.45, 2.75) is 12.6 Å². The van der Waals surface area contributed by atoms with E-state index >= 15 is 0 Å². The summed E-state index contributed by atoms with van der Waals surface area (Å²) in [7, 11) is 0. The third-order valence-corrected chi connectivity index (χ3v) is 6.10. The number of nitrogens with one attached hydrogen (secondary N) is 1. The van der Waals surface area contributed by atoms with Crippen molar-refractivity contribution in [3.8, 4) is 17.0 Å². The minimum Gasteiger partial charge on any atom is -0.507 e. The molecule has 0 bridgehead atoms. The molecule has 6 nitrogen and oxygen atoms in total. The van der Waals surface area contributed by atoms with Gasteiger partial charge in [-0.3, -0.25) is 14.9 Å². The highest BCUT2D eigenvalue weighted by Gasteiger charge is 2.42. The molecule has 0 saturated carbocycles. The number of halogens is 2. The SMILES string of the molecule is O=C1c2[nH]nc(-c3ccccc3O)c2C(c2ccc(Cl)c(Cl)c2)N1Cc1cccnc1. The first kappa shape index (κ1) is 19.6. The largest absolute Gasteiger partial charge is 0.507 e. The first-order chi connectivity index (χ1) is 15.0. The van der Waals surface area contributed by atoms with Crippen LogP contribution in [0.25, 0.3) is 11.3 Å². The van der Waals surface area contributed by atoms with Gasteiger partial charge in [-0.2, -0.15) is 5.10 Å². The highest BCUT2D eigenvalue weighted by Crippen LogP contribution is 2.45. The second kappa shape index (κ2) is 7.72. The van der Waals surface area contributed by atoms with E-state index in [0.717, 1.165) is 11.1 Å². The van der Waals surface area contributed by atoms with E-state index in [1.807, 2.05) is 24.3 Å². The standard InChI is InChI=1S/C23H16Cl2N4O2/c24-16-8-7-14(10-17(16)25)22-19-20(15-5-1-2-6-18(15)30)27-28-21(19)23(31)29(22)12-13-4-3-9-26-11-13/h1-11,22,30H,12H2,(H,27,28). The fourth-order valence-corrected chi connectivity index (χ4v) is 4.26. The van der Waals surface area contributed by atoms with E-state index in [-0.39, 0.29) is 11.7 Å². The van der Waals surface area contributed by atoms with Gasteiger partial charge in [0.2, 0.25) is 0 Å². The Balaban J connectivity index is 1.69. The number of fused-ring (bicyclic) bond motifs is 1. The van der Waals surface area contributed by atoms with Gasteiger partial charge in [-0.1, -0.05) is 47.5 Å². The van der Waals surface area contributed by atoms with Crippen LogP contribution in [-0.2, 0) is 6.54 Å². The van der Waals surface area contributed by atoms with Gasteiger partial charge >= 0.3 is 0 Å². The van der Waals surface area contributed by atoms with Crippen molar-refractivity contribution in [3.63, 3.8) is 0 Å². The Morgan fingerprint density at radius 2 is 1.90 bits per heavy atom. The fourth-order valence-electron chi connectivity index (χ4n) is 3.96. The van der Waals surface area contributed by atoms with E-state index in [9.17, 15) is 9.90 Å². The molecule has 0 aliphatic carbocycles. The highest BCUT2D eigenvalue weighted by molar-refractivity contribution is 6.42. The van der Waals surface area contributed by atoms with Gasteiger partial charge in [-0.25, -0.2) is 0 Å². The Morgan fingerprint density at radius 1 is 1.06 bits per heavy atom. The van der Waals surface area contributed by atoms with Crippen LogP contribution in [0.5, 0.6) is 5.75 Å². The second-order valence-corrected chi connectivity index (χ2v) is 8.06. The van der Waals surface area contributed by atoms with E-state index in [0.29, 0.717) is 39.1 Å². The smallest absolute Gasteiger partial charge is 0.273 e. The number of rotatable bonds is 4. The number of carbonyl (C=O) groups excluding carboxylic acids is 1. The number of phenolic OH excluding ortho intramolecular Hbond substituents is 1. The van der Waals surface area contributed by atoms with E-state index < -0.39 is 6.04 Å². The maximum absolute atomic E-state index is 13.4. The van der Waals surface area contributed by atoms with E-state index in [1.165, 1.54) is 0 Å². The molecule has 1 amide bonds. The number of pyridine rings is 1. The number of hydrogen-bond acceptors (Lipinski definition) is 4. The van der Waals surface area contributed by atoms with Gasteiger partial charge in [-0.05, 0) is 41.5 Å². The molecule has 2 aromatic carbocycles. The molecule has 1 aliphatic rings. The first-order valence-corrected chi connectivity index (χ1v) is 10.3. The second-order valence-electron chi connectivity index (χ2n) is 7.25. The van der Waals surface area contributed by atoms with E-state index in [2.05, 4.69) is 15.2 Å². The van der Waals surface area contributed by atoms with Gasteiger partial charge in [0.05, 0.1) is 16.1 Å². The molecule has 1 atom stereocenters. The summed E-state index contributed by atoms with van der Waals surface area (Å²) in [5, 5.41) is 18.5. The fraction of sp³-hybridized carbons (Fsp3) is 0.0870. The summed E-state index contributed by atoms with van der Waals surface area (Å²) < 4.78 is 0. The van der Waals surface area contributed by atoms with Gasteiger partial charge in [0.25, 0.3) is 5.91 Å². The van der Waals surface area contributed by atoms with Crippen molar-refractivity contribution < 1.29 is 9.90 Å². The number of carbonyl (C=O) groups is 1. The maximum Gasteiger partial charge on any atom is 0.273 e. The monoisotopic (exact) mass is 450 g/mol. The van der Waals surface area contributed by atoms with Gasteiger partial charge in [0.15, 0.2) is 0 Å². The average molecular weight is 451 g/mol. The van der Waals surface area contributed by atoms with Gasteiger partial charge in [-0.15, -0.1) is 0 Å². The minimum absolute atomic E-state index is 0.0860. The van der Waals surface area contributed by atoms with Crippen LogP contribution < -0.4 is 0 Å². The summed E-state index contributed by atoms with van der Waals surface area (Å²) in [6.45, 7) is 0.348. The Kier molecular flexibility index (Phi) is 4.88. The molecule has 4 aromatic rings. The number of para-hydroxylation sites is 1. The third-order valence-electron chi connectivity index (χ3n) is 5.36. The minimum atomic E-state index is -0.467. The third kappa shape index (κ3) is 3.34. The Bertz CT molecular complexity index is 1290. The molecule has 2 aromatic heterocycles. The normalized spacial score (nSPS) is 15.4. The number of phenols is 1. The first-order valence-electron chi connectivity index (χ1n) is 9.56. The van der Waals surface area contributed by atoms with Crippen molar-refractivity contribution in [2.24, 2.45) is 0 Å². The van der Waals surface area contributed by atoms with Gasteiger partial charge < -0.3 is 10.0 Å². The predicted molar refractivity (Wildman–Crippen MR) is 118 cm³/mol. The van der Waals surface area contributed by atoms with Crippen LogP contribution in [0, 0.1) is 0 Å². The maximum atomic E-state index is 13.4. The van der Waals surface area contributed by atoms with E-state index in [1.54, 1.807) is 47.6 Å². The molecule has 0 spiro atoms.